The van der Waals surface area contributed by atoms with Crippen LogP contribution in [0.3, 0.4) is 0 Å². The highest BCUT2D eigenvalue weighted by Crippen LogP contribution is 2.25. The quantitative estimate of drug-likeness (QED) is 0.883. The molecule has 1 heterocycles. The Morgan fingerprint density at radius 2 is 1.95 bits per heavy atom. The zero-order valence-electron chi connectivity index (χ0n) is 11.5. The van der Waals surface area contributed by atoms with Crippen LogP contribution in [0.2, 0.25) is 0 Å². The fraction of sp³-hybridized carbons (Fsp3) is 0.267. The summed E-state index contributed by atoms with van der Waals surface area (Å²) in [4.78, 5) is 4.33. The van der Waals surface area contributed by atoms with Crippen LogP contribution in [0.25, 0.3) is 0 Å². The van der Waals surface area contributed by atoms with Gasteiger partial charge >= 0.3 is 0 Å². The average Bonchev–Trinajstić information content (AvgIpc) is 2.41. The second-order valence-corrected chi connectivity index (χ2v) is 4.51. The highest BCUT2D eigenvalue weighted by Gasteiger charge is 2.11. The molecule has 0 amide bonds. The molecule has 0 saturated carbocycles. The predicted molar refractivity (Wildman–Crippen MR) is 78.4 cm³/mol. The van der Waals surface area contributed by atoms with Gasteiger partial charge in [-0.1, -0.05) is 24.3 Å². The van der Waals surface area contributed by atoms with Gasteiger partial charge in [0.15, 0.2) is 5.82 Å². The monoisotopic (exact) mass is 257 g/mol. The molecule has 0 saturated heterocycles. The van der Waals surface area contributed by atoms with Crippen molar-refractivity contribution in [2.75, 3.05) is 18.2 Å². The van der Waals surface area contributed by atoms with E-state index < -0.39 is 0 Å². The number of rotatable bonds is 4. The van der Waals surface area contributed by atoms with Crippen molar-refractivity contribution >= 4 is 11.5 Å². The minimum absolute atomic E-state index is 0.128. The molecule has 0 radical (unpaired) electrons. The number of nitrogen functional groups attached to an aromatic ring is 1. The van der Waals surface area contributed by atoms with Gasteiger partial charge in [0.25, 0.3) is 0 Å². The molecule has 0 aliphatic carbocycles. The SMILES string of the molecule is COc1ccc(N)c(NC(C)c2ccccc2C)n1. The normalized spacial score (nSPS) is 11.9. The smallest absolute Gasteiger partial charge is 0.215 e. The van der Waals surface area contributed by atoms with Crippen LogP contribution in [0.4, 0.5) is 11.5 Å². The third-order valence-corrected chi connectivity index (χ3v) is 3.12. The van der Waals surface area contributed by atoms with Gasteiger partial charge in [0.1, 0.15) is 0 Å². The lowest BCUT2D eigenvalue weighted by molar-refractivity contribution is 0.398. The Morgan fingerprint density at radius 1 is 1.21 bits per heavy atom. The number of benzene rings is 1. The lowest BCUT2D eigenvalue weighted by Gasteiger charge is -2.18. The first-order chi connectivity index (χ1) is 9.11. The van der Waals surface area contributed by atoms with E-state index in [1.807, 2.05) is 12.1 Å². The van der Waals surface area contributed by atoms with Crippen LogP contribution in [0.5, 0.6) is 5.88 Å². The predicted octanol–water partition coefficient (Wildman–Crippen LogP) is 3.15. The van der Waals surface area contributed by atoms with E-state index in [1.54, 1.807) is 19.2 Å². The lowest BCUT2D eigenvalue weighted by Crippen LogP contribution is -2.11. The summed E-state index contributed by atoms with van der Waals surface area (Å²) in [6.45, 7) is 4.18. The molecule has 3 N–H and O–H groups in total. The first-order valence-corrected chi connectivity index (χ1v) is 6.24. The number of methoxy groups -OCH3 is 1. The number of ether oxygens (including phenoxy) is 1. The topological polar surface area (TPSA) is 60.2 Å². The Morgan fingerprint density at radius 3 is 2.63 bits per heavy atom. The van der Waals surface area contributed by atoms with Gasteiger partial charge in [-0.05, 0) is 31.0 Å². The van der Waals surface area contributed by atoms with E-state index >= 15 is 0 Å². The van der Waals surface area contributed by atoms with Gasteiger partial charge in [-0.3, -0.25) is 0 Å². The number of aryl methyl sites for hydroxylation is 1. The highest BCUT2D eigenvalue weighted by atomic mass is 16.5. The third kappa shape index (κ3) is 2.96. The van der Waals surface area contributed by atoms with Gasteiger partial charge in [0, 0.05) is 6.07 Å². The standard InChI is InChI=1S/C15H19N3O/c1-10-6-4-5-7-12(10)11(2)17-15-13(16)8-9-14(18-15)19-3/h4-9,11H,16H2,1-3H3,(H,17,18). The molecule has 4 nitrogen and oxygen atoms in total. The fourth-order valence-electron chi connectivity index (χ4n) is 2.04. The molecule has 2 rings (SSSR count). The zero-order valence-corrected chi connectivity index (χ0v) is 11.5. The zero-order chi connectivity index (χ0) is 13.8. The Labute approximate surface area is 113 Å². The average molecular weight is 257 g/mol. The van der Waals surface area contributed by atoms with Crippen molar-refractivity contribution in [3.63, 3.8) is 0 Å². The van der Waals surface area contributed by atoms with E-state index in [-0.39, 0.29) is 6.04 Å². The van der Waals surface area contributed by atoms with E-state index in [1.165, 1.54) is 11.1 Å². The number of anilines is 2. The van der Waals surface area contributed by atoms with Crippen LogP contribution in [0, 0.1) is 6.92 Å². The van der Waals surface area contributed by atoms with Crippen LogP contribution in [0.15, 0.2) is 36.4 Å². The van der Waals surface area contributed by atoms with Gasteiger partial charge in [0.05, 0.1) is 18.8 Å². The Balaban J connectivity index is 2.24. The first-order valence-electron chi connectivity index (χ1n) is 6.24. The van der Waals surface area contributed by atoms with Gasteiger partial charge in [-0.2, -0.15) is 4.98 Å². The van der Waals surface area contributed by atoms with Crippen molar-refractivity contribution < 1.29 is 4.74 Å². The van der Waals surface area contributed by atoms with Crippen LogP contribution in [-0.4, -0.2) is 12.1 Å². The van der Waals surface area contributed by atoms with Gasteiger partial charge < -0.3 is 15.8 Å². The summed E-state index contributed by atoms with van der Waals surface area (Å²) < 4.78 is 5.11. The van der Waals surface area contributed by atoms with E-state index in [4.69, 9.17) is 10.5 Å². The summed E-state index contributed by atoms with van der Waals surface area (Å²) in [5.41, 5.74) is 9.01. The van der Waals surface area contributed by atoms with Crippen LogP contribution < -0.4 is 15.8 Å². The van der Waals surface area contributed by atoms with Crippen molar-refractivity contribution in [2.45, 2.75) is 19.9 Å². The molecule has 0 bridgehead atoms. The maximum absolute atomic E-state index is 5.93. The summed E-state index contributed by atoms with van der Waals surface area (Å²) in [6.07, 6.45) is 0. The number of nitrogens with two attached hydrogens (primary N) is 1. The highest BCUT2D eigenvalue weighted by molar-refractivity contribution is 5.62. The number of hydrogen-bond acceptors (Lipinski definition) is 4. The molecule has 1 atom stereocenters. The van der Waals surface area contributed by atoms with Gasteiger partial charge in [-0.25, -0.2) is 0 Å². The van der Waals surface area contributed by atoms with Gasteiger partial charge in [-0.15, -0.1) is 0 Å². The number of pyridine rings is 1. The minimum atomic E-state index is 0.128. The molecule has 4 heteroatoms. The van der Waals surface area contributed by atoms with Crippen molar-refractivity contribution in [1.82, 2.24) is 4.98 Å². The summed E-state index contributed by atoms with van der Waals surface area (Å²) in [6, 6.07) is 11.9. The fourth-order valence-corrected chi connectivity index (χ4v) is 2.04. The lowest BCUT2D eigenvalue weighted by atomic mass is 10.0. The van der Waals surface area contributed by atoms with Crippen molar-refractivity contribution in [3.05, 3.63) is 47.5 Å². The molecule has 0 aliphatic rings. The largest absolute Gasteiger partial charge is 0.481 e. The van der Waals surface area contributed by atoms with Crippen LogP contribution in [-0.2, 0) is 0 Å². The minimum Gasteiger partial charge on any atom is -0.481 e. The first kappa shape index (κ1) is 13.2. The summed E-state index contributed by atoms with van der Waals surface area (Å²) in [7, 11) is 1.59. The molecular formula is C15H19N3O. The molecule has 2 aromatic rings. The number of hydrogen-bond donors (Lipinski definition) is 2. The summed E-state index contributed by atoms with van der Waals surface area (Å²) in [5, 5.41) is 3.33. The molecule has 1 aromatic carbocycles. The number of aromatic nitrogens is 1. The molecule has 19 heavy (non-hydrogen) atoms. The molecule has 0 aliphatic heterocycles. The van der Waals surface area contributed by atoms with Crippen molar-refractivity contribution in [1.29, 1.82) is 0 Å². The second-order valence-electron chi connectivity index (χ2n) is 4.51. The molecule has 1 aromatic heterocycles. The summed E-state index contributed by atoms with van der Waals surface area (Å²) >= 11 is 0. The van der Waals surface area contributed by atoms with Gasteiger partial charge in [0.2, 0.25) is 5.88 Å². The Hall–Kier alpha value is -2.23. The maximum Gasteiger partial charge on any atom is 0.215 e. The number of nitrogens with zero attached hydrogens (tertiary/aromatic N) is 1. The number of nitrogens with one attached hydrogen (secondary N) is 1. The molecule has 100 valence electrons. The van der Waals surface area contributed by atoms with E-state index in [2.05, 4.69) is 36.3 Å². The second kappa shape index (κ2) is 5.61. The Bertz CT molecular complexity index is 569. The third-order valence-electron chi connectivity index (χ3n) is 3.12. The van der Waals surface area contributed by atoms with Crippen molar-refractivity contribution in [3.8, 4) is 5.88 Å². The van der Waals surface area contributed by atoms with E-state index in [0.717, 1.165) is 0 Å². The molecule has 0 fully saturated rings. The molecule has 0 spiro atoms. The van der Waals surface area contributed by atoms with Crippen LogP contribution >= 0.6 is 0 Å². The van der Waals surface area contributed by atoms with Crippen LogP contribution in [0.1, 0.15) is 24.1 Å². The van der Waals surface area contributed by atoms with E-state index in [9.17, 15) is 0 Å². The summed E-state index contributed by atoms with van der Waals surface area (Å²) in [5.74, 6) is 1.20. The Kier molecular flexibility index (Phi) is 3.90. The maximum atomic E-state index is 5.93. The van der Waals surface area contributed by atoms with Crippen molar-refractivity contribution in [2.24, 2.45) is 0 Å². The molecular weight excluding hydrogens is 238 g/mol. The molecule has 1 unspecified atom stereocenters. The van der Waals surface area contributed by atoms with E-state index in [0.29, 0.717) is 17.4 Å².